The molecule has 0 unspecified atom stereocenters. The van der Waals surface area contributed by atoms with Gasteiger partial charge in [-0.2, -0.15) is 4.98 Å². The minimum Gasteiger partial charge on any atom is -0.342 e. The lowest BCUT2D eigenvalue weighted by Crippen LogP contribution is -2.39. The van der Waals surface area contributed by atoms with E-state index in [-0.39, 0.29) is 11.8 Å². The van der Waals surface area contributed by atoms with Gasteiger partial charge in [0.25, 0.3) is 5.89 Å². The van der Waals surface area contributed by atoms with Crippen molar-refractivity contribution in [2.75, 3.05) is 13.1 Å². The number of aromatic nitrogens is 4. The zero-order valence-corrected chi connectivity index (χ0v) is 14.3. The van der Waals surface area contributed by atoms with Gasteiger partial charge in [-0.05, 0) is 37.1 Å². The summed E-state index contributed by atoms with van der Waals surface area (Å²) in [5.74, 6) is 1.52. The molecular weight excluding hydrogens is 330 g/mol. The van der Waals surface area contributed by atoms with Crippen molar-refractivity contribution in [2.24, 2.45) is 0 Å². The molecular formula is C19H19N5O2. The van der Waals surface area contributed by atoms with E-state index in [1.165, 1.54) is 0 Å². The Bertz CT molecular complexity index is 858. The first-order chi connectivity index (χ1) is 12.8. The summed E-state index contributed by atoms with van der Waals surface area (Å²) in [5, 5.41) is 4.13. The summed E-state index contributed by atoms with van der Waals surface area (Å²) in [7, 11) is 0. The monoisotopic (exact) mass is 349 g/mol. The fourth-order valence-corrected chi connectivity index (χ4v) is 3.16. The Kier molecular flexibility index (Phi) is 4.68. The molecule has 7 nitrogen and oxygen atoms in total. The van der Waals surface area contributed by atoms with E-state index in [1.807, 2.05) is 35.2 Å². The van der Waals surface area contributed by atoms with Gasteiger partial charge in [-0.25, -0.2) is 0 Å². The molecule has 0 N–H and O–H groups in total. The van der Waals surface area contributed by atoms with Gasteiger partial charge in [0.05, 0.1) is 12.0 Å². The Hall–Kier alpha value is -3.09. The lowest BCUT2D eigenvalue weighted by atomic mass is 9.96. The van der Waals surface area contributed by atoms with E-state index in [0.717, 1.165) is 24.1 Å². The Morgan fingerprint density at radius 3 is 2.77 bits per heavy atom. The maximum atomic E-state index is 12.4. The molecule has 0 spiro atoms. The topological polar surface area (TPSA) is 85.0 Å². The molecule has 4 heterocycles. The van der Waals surface area contributed by atoms with Crippen molar-refractivity contribution < 1.29 is 9.32 Å². The first-order valence-corrected chi connectivity index (χ1v) is 8.71. The second-order valence-corrected chi connectivity index (χ2v) is 6.35. The molecule has 1 saturated heterocycles. The lowest BCUT2D eigenvalue weighted by molar-refractivity contribution is -0.131. The highest BCUT2D eigenvalue weighted by Gasteiger charge is 2.27. The predicted octanol–water partition coefficient (Wildman–Crippen LogP) is 2.48. The molecule has 1 aliphatic rings. The predicted molar refractivity (Wildman–Crippen MR) is 94.0 cm³/mol. The number of carbonyl (C=O) groups excluding carboxylic acids is 1. The van der Waals surface area contributed by atoms with Crippen LogP contribution in [0.1, 0.15) is 30.3 Å². The third-order valence-corrected chi connectivity index (χ3v) is 4.62. The summed E-state index contributed by atoms with van der Waals surface area (Å²) in [6.45, 7) is 1.40. The molecule has 3 aromatic heterocycles. The number of rotatable bonds is 4. The van der Waals surface area contributed by atoms with E-state index < -0.39 is 0 Å². The molecule has 0 aromatic carbocycles. The molecule has 0 radical (unpaired) electrons. The van der Waals surface area contributed by atoms with Crippen LogP contribution >= 0.6 is 0 Å². The van der Waals surface area contributed by atoms with E-state index in [4.69, 9.17) is 4.52 Å². The second-order valence-electron chi connectivity index (χ2n) is 6.35. The molecule has 3 aromatic rings. The van der Waals surface area contributed by atoms with Gasteiger partial charge in [-0.3, -0.25) is 14.8 Å². The Morgan fingerprint density at radius 1 is 1.15 bits per heavy atom. The summed E-state index contributed by atoms with van der Waals surface area (Å²) >= 11 is 0. The van der Waals surface area contributed by atoms with Gasteiger partial charge < -0.3 is 9.42 Å². The molecule has 0 saturated carbocycles. The molecule has 1 fully saturated rings. The van der Waals surface area contributed by atoms with E-state index in [9.17, 15) is 4.79 Å². The van der Waals surface area contributed by atoms with Gasteiger partial charge in [0, 0.05) is 43.3 Å². The Labute approximate surface area is 151 Å². The lowest BCUT2D eigenvalue weighted by Gasteiger charge is -2.30. The highest BCUT2D eigenvalue weighted by molar-refractivity contribution is 5.78. The number of pyridine rings is 2. The molecule has 26 heavy (non-hydrogen) atoms. The van der Waals surface area contributed by atoms with Crippen molar-refractivity contribution in [3.63, 3.8) is 0 Å². The Balaban J connectivity index is 1.35. The number of carbonyl (C=O) groups is 1. The number of hydrogen-bond acceptors (Lipinski definition) is 6. The third kappa shape index (κ3) is 3.61. The highest BCUT2D eigenvalue weighted by atomic mass is 16.5. The number of piperidine rings is 1. The van der Waals surface area contributed by atoms with Crippen LogP contribution in [-0.4, -0.2) is 44.0 Å². The first-order valence-electron chi connectivity index (χ1n) is 8.71. The van der Waals surface area contributed by atoms with Crippen LogP contribution in [0.4, 0.5) is 0 Å². The average molecular weight is 349 g/mol. The second kappa shape index (κ2) is 7.43. The number of hydrogen-bond donors (Lipinski definition) is 0. The molecule has 1 amide bonds. The van der Waals surface area contributed by atoms with Crippen LogP contribution in [0.3, 0.4) is 0 Å². The van der Waals surface area contributed by atoms with Crippen molar-refractivity contribution in [3.05, 3.63) is 60.4 Å². The fraction of sp³-hybridized carbons (Fsp3) is 0.316. The van der Waals surface area contributed by atoms with E-state index in [1.54, 1.807) is 18.6 Å². The van der Waals surface area contributed by atoms with E-state index in [2.05, 4.69) is 20.1 Å². The van der Waals surface area contributed by atoms with Crippen LogP contribution in [0.15, 0.2) is 53.4 Å². The number of nitrogens with zero attached hydrogens (tertiary/aromatic N) is 5. The summed E-state index contributed by atoms with van der Waals surface area (Å²) < 4.78 is 5.37. The number of amides is 1. The van der Waals surface area contributed by atoms with Gasteiger partial charge in [0.15, 0.2) is 5.82 Å². The van der Waals surface area contributed by atoms with Gasteiger partial charge in [0.2, 0.25) is 5.91 Å². The van der Waals surface area contributed by atoms with Crippen molar-refractivity contribution in [3.8, 4) is 11.5 Å². The quantitative estimate of drug-likeness (QED) is 0.719. The molecule has 4 rings (SSSR count). The zero-order chi connectivity index (χ0) is 17.8. The largest absolute Gasteiger partial charge is 0.342 e. The van der Waals surface area contributed by atoms with Gasteiger partial charge >= 0.3 is 0 Å². The normalized spacial score (nSPS) is 15.2. The van der Waals surface area contributed by atoms with E-state index >= 15 is 0 Å². The standard InChI is InChI=1S/C19H19N5O2/c25-17(12-16-5-1-2-9-21-16)24-10-6-14(7-11-24)18-22-19(26-23-18)15-4-3-8-20-13-15/h1-5,8-9,13-14H,6-7,10-12H2. The first kappa shape index (κ1) is 16.4. The van der Waals surface area contributed by atoms with Gasteiger partial charge in [0.1, 0.15) is 0 Å². The van der Waals surface area contributed by atoms with Crippen LogP contribution in [-0.2, 0) is 11.2 Å². The summed E-state index contributed by atoms with van der Waals surface area (Å²) in [5.41, 5.74) is 1.62. The zero-order valence-electron chi connectivity index (χ0n) is 14.3. The molecule has 0 atom stereocenters. The van der Waals surface area contributed by atoms with Gasteiger partial charge in [-0.1, -0.05) is 11.2 Å². The fourth-order valence-electron chi connectivity index (χ4n) is 3.16. The molecule has 0 bridgehead atoms. The van der Waals surface area contributed by atoms with Crippen LogP contribution < -0.4 is 0 Å². The van der Waals surface area contributed by atoms with E-state index in [0.29, 0.717) is 31.2 Å². The minimum absolute atomic E-state index is 0.117. The molecule has 7 heteroatoms. The highest BCUT2D eigenvalue weighted by Crippen LogP contribution is 2.28. The van der Waals surface area contributed by atoms with Gasteiger partial charge in [-0.15, -0.1) is 0 Å². The summed E-state index contributed by atoms with van der Waals surface area (Å²) in [6, 6.07) is 9.36. The van der Waals surface area contributed by atoms with Crippen LogP contribution in [0.5, 0.6) is 0 Å². The SMILES string of the molecule is O=C(Cc1ccccn1)N1CCC(c2noc(-c3cccnc3)n2)CC1. The smallest absolute Gasteiger partial charge is 0.259 e. The maximum Gasteiger partial charge on any atom is 0.259 e. The number of likely N-dealkylation sites (tertiary alicyclic amines) is 1. The Morgan fingerprint density at radius 2 is 2.04 bits per heavy atom. The summed E-state index contributed by atoms with van der Waals surface area (Å²) in [6.07, 6.45) is 7.14. The molecule has 132 valence electrons. The van der Waals surface area contributed by atoms with Crippen LogP contribution in [0.2, 0.25) is 0 Å². The van der Waals surface area contributed by atoms with Crippen LogP contribution in [0.25, 0.3) is 11.5 Å². The summed E-state index contributed by atoms with van der Waals surface area (Å²) in [4.78, 5) is 27.1. The third-order valence-electron chi connectivity index (χ3n) is 4.62. The maximum absolute atomic E-state index is 12.4. The average Bonchev–Trinajstić information content (AvgIpc) is 3.20. The van der Waals surface area contributed by atoms with Crippen molar-refractivity contribution in [2.45, 2.75) is 25.2 Å². The van der Waals surface area contributed by atoms with Crippen molar-refractivity contribution in [1.29, 1.82) is 0 Å². The van der Waals surface area contributed by atoms with Crippen molar-refractivity contribution in [1.82, 2.24) is 25.0 Å². The van der Waals surface area contributed by atoms with Crippen molar-refractivity contribution >= 4 is 5.91 Å². The molecule has 0 aliphatic carbocycles. The molecule has 1 aliphatic heterocycles. The van der Waals surface area contributed by atoms with Crippen LogP contribution in [0, 0.1) is 0 Å². The minimum atomic E-state index is 0.117.